The fraction of sp³-hybridized carbons (Fsp3) is 0.208. The van der Waals surface area contributed by atoms with Gasteiger partial charge < -0.3 is 9.47 Å². The van der Waals surface area contributed by atoms with Gasteiger partial charge in [0, 0.05) is 24.3 Å². The van der Waals surface area contributed by atoms with Crippen molar-refractivity contribution in [2.24, 2.45) is 4.99 Å². The van der Waals surface area contributed by atoms with Gasteiger partial charge in [0.1, 0.15) is 6.61 Å². The molecule has 0 saturated carbocycles. The first kappa shape index (κ1) is 24.5. The zero-order valence-electron chi connectivity index (χ0n) is 18.8. The van der Waals surface area contributed by atoms with Crippen LogP contribution in [0.1, 0.15) is 24.1 Å². The number of carbonyl (C=O) groups excluding carboxylic acids is 1. The lowest BCUT2D eigenvalue weighted by Crippen LogP contribution is -2.40. The van der Waals surface area contributed by atoms with Crippen LogP contribution in [0, 0.1) is 10.1 Å². The molecule has 35 heavy (non-hydrogen) atoms. The van der Waals surface area contributed by atoms with E-state index in [2.05, 4.69) is 4.99 Å². The van der Waals surface area contributed by atoms with Crippen LogP contribution in [0.25, 0.3) is 6.08 Å². The normalized spacial score (nSPS) is 15.5. The van der Waals surface area contributed by atoms with Gasteiger partial charge in [-0.05, 0) is 36.3 Å². The van der Waals surface area contributed by atoms with Gasteiger partial charge in [0.15, 0.2) is 4.80 Å². The Balaban J connectivity index is 1.88. The summed E-state index contributed by atoms with van der Waals surface area (Å²) in [5.74, 6) is -0.601. The second kappa shape index (κ2) is 10.3. The molecule has 9 nitrogen and oxygen atoms in total. The smallest absolute Gasteiger partial charge is 0.338 e. The summed E-state index contributed by atoms with van der Waals surface area (Å²) >= 11 is 7.21. The standard InChI is InChI=1S/C24H20ClN3O6S/c1-14-20(23(30)34-11-10-33-2)21(16-6-8-17(25)9-7-16)27-22(29)19(35-24(27)26-14)13-15-4-3-5-18(12-15)28(31)32/h3-9,12-13,21H,10-11H2,1-2H3. The summed E-state index contributed by atoms with van der Waals surface area (Å²) in [5.41, 5.74) is 1.36. The average Bonchev–Trinajstić information content (AvgIpc) is 3.13. The Morgan fingerprint density at radius 3 is 2.69 bits per heavy atom. The largest absolute Gasteiger partial charge is 0.460 e. The highest BCUT2D eigenvalue weighted by molar-refractivity contribution is 7.07. The summed E-state index contributed by atoms with van der Waals surface area (Å²) < 4.78 is 12.1. The number of halogens is 1. The number of carbonyl (C=O) groups is 1. The number of thiazole rings is 1. The average molecular weight is 514 g/mol. The topological polar surface area (TPSA) is 113 Å². The summed E-state index contributed by atoms with van der Waals surface area (Å²) in [6.07, 6.45) is 1.58. The Kier molecular flexibility index (Phi) is 7.25. The minimum absolute atomic E-state index is 0.0522. The van der Waals surface area contributed by atoms with Gasteiger partial charge in [0.05, 0.1) is 33.4 Å². The van der Waals surface area contributed by atoms with Crippen molar-refractivity contribution in [2.45, 2.75) is 13.0 Å². The number of benzene rings is 2. The second-order valence-electron chi connectivity index (χ2n) is 7.61. The molecule has 2 aromatic carbocycles. The maximum Gasteiger partial charge on any atom is 0.338 e. The summed E-state index contributed by atoms with van der Waals surface area (Å²) in [5, 5.41) is 11.6. The van der Waals surface area contributed by atoms with E-state index in [1.54, 1.807) is 49.4 Å². The van der Waals surface area contributed by atoms with Gasteiger partial charge in [-0.3, -0.25) is 19.5 Å². The first-order valence-corrected chi connectivity index (χ1v) is 11.7. The fourth-order valence-corrected chi connectivity index (χ4v) is 4.89. The Morgan fingerprint density at radius 1 is 1.26 bits per heavy atom. The molecule has 0 fully saturated rings. The summed E-state index contributed by atoms with van der Waals surface area (Å²) in [6, 6.07) is 12.0. The van der Waals surface area contributed by atoms with Crippen LogP contribution in [0.5, 0.6) is 0 Å². The highest BCUT2D eigenvalue weighted by atomic mass is 35.5. The van der Waals surface area contributed by atoms with Crippen molar-refractivity contribution < 1.29 is 19.2 Å². The number of fused-ring (bicyclic) bond motifs is 1. The van der Waals surface area contributed by atoms with Crippen molar-refractivity contribution in [3.63, 3.8) is 0 Å². The van der Waals surface area contributed by atoms with Crippen molar-refractivity contribution in [3.8, 4) is 0 Å². The lowest BCUT2D eigenvalue weighted by molar-refractivity contribution is -0.384. The Labute approximate surface area is 208 Å². The lowest BCUT2D eigenvalue weighted by atomic mass is 9.96. The van der Waals surface area contributed by atoms with Crippen LogP contribution in [0.15, 0.2) is 69.6 Å². The molecule has 0 N–H and O–H groups in total. The molecular formula is C24H20ClN3O6S. The Hall–Kier alpha value is -3.60. The summed E-state index contributed by atoms with van der Waals surface area (Å²) in [6.45, 7) is 1.97. The first-order valence-electron chi connectivity index (χ1n) is 10.5. The molecule has 1 aliphatic heterocycles. The molecule has 0 aliphatic carbocycles. The number of methoxy groups -OCH3 is 1. The predicted octanol–water partition coefficient (Wildman–Crippen LogP) is 2.99. The highest BCUT2D eigenvalue weighted by Crippen LogP contribution is 2.31. The number of esters is 1. The number of nitro groups is 1. The van der Waals surface area contributed by atoms with Crippen LogP contribution >= 0.6 is 22.9 Å². The molecule has 2 heterocycles. The van der Waals surface area contributed by atoms with Gasteiger partial charge in [-0.1, -0.05) is 47.2 Å². The maximum absolute atomic E-state index is 13.6. The molecule has 3 aromatic rings. The van der Waals surface area contributed by atoms with Gasteiger partial charge in [-0.25, -0.2) is 9.79 Å². The van der Waals surface area contributed by atoms with E-state index in [1.807, 2.05) is 0 Å². The molecule has 4 rings (SSSR count). The minimum Gasteiger partial charge on any atom is -0.460 e. The van der Waals surface area contributed by atoms with Gasteiger partial charge in [0.25, 0.3) is 11.2 Å². The van der Waals surface area contributed by atoms with Crippen molar-refractivity contribution in [1.82, 2.24) is 4.57 Å². The summed E-state index contributed by atoms with van der Waals surface area (Å²) in [7, 11) is 1.50. The van der Waals surface area contributed by atoms with Crippen LogP contribution in [0.3, 0.4) is 0 Å². The molecular weight excluding hydrogens is 494 g/mol. The number of hydrogen-bond donors (Lipinski definition) is 0. The molecule has 1 atom stereocenters. The van der Waals surface area contributed by atoms with Gasteiger partial charge in [-0.15, -0.1) is 0 Å². The third-order valence-electron chi connectivity index (χ3n) is 5.33. The van der Waals surface area contributed by atoms with Crippen LogP contribution in [-0.2, 0) is 14.3 Å². The van der Waals surface area contributed by atoms with E-state index in [1.165, 1.54) is 23.8 Å². The zero-order chi connectivity index (χ0) is 25.1. The predicted molar refractivity (Wildman–Crippen MR) is 131 cm³/mol. The fourth-order valence-electron chi connectivity index (χ4n) is 3.72. The van der Waals surface area contributed by atoms with Crippen molar-refractivity contribution in [3.05, 3.63) is 106 Å². The molecule has 180 valence electrons. The number of ether oxygens (including phenoxy) is 2. The van der Waals surface area contributed by atoms with Crippen molar-refractivity contribution >= 4 is 40.7 Å². The maximum atomic E-state index is 13.6. The van der Waals surface area contributed by atoms with Crippen LogP contribution in [0.4, 0.5) is 5.69 Å². The number of hydrogen-bond acceptors (Lipinski definition) is 8. The molecule has 0 radical (unpaired) electrons. The quantitative estimate of drug-likeness (QED) is 0.208. The number of non-ortho nitro benzene ring substituents is 1. The molecule has 0 bridgehead atoms. The number of rotatable bonds is 7. The van der Waals surface area contributed by atoms with Crippen molar-refractivity contribution in [1.29, 1.82) is 0 Å². The van der Waals surface area contributed by atoms with E-state index in [0.29, 0.717) is 31.2 Å². The molecule has 1 aromatic heterocycles. The van der Waals surface area contributed by atoms with Crippen LogP contribution in [-0.4, -0.2) is 35.8 Å². The molecule has 0 amide bonds. The number of aromatic nitrogens is 1. The second-order valence-corrected chi connectivity index (χ2v) is 9.06. The first-order chi connectivity index (χ1) is 16.8. The molecule has 0 spiro atoms. The Morgan fingerprint density at radius 2 is 2.00 bits per heavy atom. The monoisotopic (exact) mass is 513 g/mol. The number of nitrogens with zero attached hydrogens (tertiary/aromatic N) is 3. The lowest BCUT2D eigenvalue weighted by Gasteiger charge is -2.24. The van der Waals surface area contributed by atoms with Crippen LogP contribution < -0.4 is 14.9 Å². The molecule has 1 aliphatic rings. The van der Waals surface area contributed by atoms with E-state index in [-0.39, 0.29) is 30.0 Å². The molecule has 1 unspecified atom stereocenters. The van der Waals surface area contributed by atoms with Crippen LogP contribution in [0.2, 0.25) is 5.02 Å². The third-order valence-corrected chi connectivity index (χ3v) is 6.56. The van der Waals surface area contributed by atoms with Gasteiger partial charge in [0.2, 0.25) is 0 Å². The number of allylic oxidation sites excluding steroid dienone is 1. The van der Waals surface area contributed by atoms with E-state index < -0.39 is 16.9 Å². The van der Waals surface area contributed by atoms with E-state index in [0.717, 1.165) is 11.3 Å². The van der Waals surface area contributed by atoms with Crippen molar-refractivity contribution in [2.75, 3.05) is 20.3 Å². The summed E-state index contributed by atoms with van der Waals surface area (Å²) in [4.78, 5) is 42.1. The van der Waals surface area contributed by atoms with E-state index >= 15 is 0 Å². The highest BCUT2D eigenvalue weighted by Gasteiger charge is 2.33. The van der Waals surface area contributed by atoms with Gasteiger partial charge >= 0.3 is 5.97 Å². The molecule has 11 heteroatoms. The zero-order valence-corrected chi connectivity index (χ0v) is 20.3. The number of nitro benzene ring substituents is 1. The van der Waals surface area contributed by atoms with E-state index in [9.17, 15) is 19.7 Å². The molecule has 0 saturated heterocycles. The SMILES string of the molecule is COCCOC(=O)C1=C(C)N=c2sc(=Cc3cccc([N+](=O)[O-])c3)c(=O)n2C1c1ccc(Cl)cc1. The Bertz CT molecular complexity index is 1510. The third kappa shape index (κ3) is 5.09. The minimum atomic E-state index is -0.786. The van der Waals surface area contributed by atoms with Gasteiger partial charge in [-0.2, -0.15) is 0 Å². The van der Waals surface area contributed by atoms with E-state index in [4.69, 9.17) is 21.1 Å².